The van der Waals surface area contributed by atoms with Crippen LogP contribution in [-0.2, 0) is 0 Å². The molecule has 0 saturated carbocycles. The Morgan fingerprint density at radius 3 is 2.68 bits per heavy atom. The van der Waals surface area contributed by atoms with Gasteiger partial charge >= 0.3 is 5.69 Å². The third-order valence-corrected chi connectivity index (χ3v) is 2.64. The van der Waals surface area contributed by atoms with E-state index in [1.54, 1.807) is 18.5 Å². The minimum Gasteiger partial charge on any atom is -0.248 e. The molecule has 0 fully saturated rings. The van der Waals surface area contributed by atoms with E-state index in [0.717, 1.165) is 10.9 Å². The van der Waals surface area contributed by atoms with Crippen molar-refractivity contribution in [2.45, 2.75) is 0 Å². The van der Waals surface area contributed by atoms with Crippen LogP contribution in [0.15, 0.2) is 59.7 Å². The minimum atomic E-state index is -0.387. The first-order chi connectivity index (χ1) is 9.34. The monoisotopic (exact) mass is 247 g/mol. The van der Waals surface area contributed by atoms with Gasteiger partial charge < -0.3 is 0 Å². The summed E-state index contributed by atoms with van der Waals surface area (Å²) >= 11 is 0. The molecule has 2 heterocycles. The molecule has 0 spiro atoms. The predicted molar refractivity (Wildman–Crippen MR) is 72.5 cm³/mol. The lowest BCUT2D eigenvalue weighted by atomic mass is 10.2. The molecule has 0 aliphatic carbocycles. The van der Waals surface area contributed by atoms with Crippen LogP contribution in [0.3, 0.4) is 0 Å². The highest BCUT2D eigenvalue weighted by atomic mass is 16.1. The summed E-state index contributed by atoms with van der Waals surface area (Å²) in [6, 6.07) is 15.7. The molecule has 0 atom stereocenters. The smallest absolute Gasteiger partial charge is 0.248 e. The van der Waals surface area contributed by atoms with Crippen LogP contribution >= 0.6 is 0 Å². The fourth-order valence-corrected chi connectivity index (χ4v) is 1.74. The number of fused-ring (bicyclic) bond motifs is 1. The molecule has 3 aromatic rings. The summed E-state index contributed by atoms with van der Waals surface area (Å²) in [5, 5.41) is 0.873. The first-order valence-corrected chi connectivity index (χ1v) is 5.74. The molecular weight excluding hydrogens is 238 g/mol. The van der Waals surface area contributed by atoms with Gasteiger partial charge in [-0.05, 0) is 24.1 Å². The van der Waals surface area contributed by atoms with Crippen molar-refractivity contribution >= 4 is 10.9 Å². The first kappa shape index (κ1) is 11.2. The van der Waals surface area contributed by atoms with E-state index in [-0.39, 0.29) is 5.69 Å². The van der Waals surface area contributed by atoms with E-state index < -0.39 is 0 Å². The third-order valence-electron chi connectivity index (χ3n) is 2.64. The summed E-state index contributed by atoms with van der Waals surface area (Å²) in [5.74, 6) is 2.86. The molecule has 0 amide bonds. The Labute approximate surface area is 109 Å². The lowest BCUT2D eigenvalue weighted by Crippen LogP contribution is -2.19. The molecule has 4 heteroatoms. The summed E-state index contributed by atoms with van der Waals surface area (Å²) in [4.78, 5) is 19.7. The average molecular weight is 247 g/mol. The van der Waals surface area contributed by atoms with Gasteiger partial charge in [0.1, 0.15) is 5.69 Å². The largest absolute Gasteiger partial charge is 0.359 e. The fraction of sp³-hybridized carbons (Fsp3) is 0. The maximum atomic E-state index is 11.8. The van der Waals surface area contributed by atoms with Gasteiger partial charge in [-0.15, -0.1) is 0 Å². The summed E-state index contributed by atoms with van der Waals surface area (Å²) in [5.41, 5.74) is 0.968. The molecule has 0 aliphatic rings. The van der Waals surface area contributed by atoms with Crippen molar-refractivity contribution < 1.29 is 0 Å². The van der Waals surface area contributed by atoms with E-state index in [9.17, 15) is 4.79 Å². The van der Waals surface area contributed by atoms with Gasteiger partial charge in [-0.3, -0.25) is 0 Å². The Hall–Kier alpha value is -2.93. The van der Waals surface area contributed by atoms with Gasteiger partial charge in [0.2, 0.25) is 0 Å². The van der Waals surface area contributed by atoms with E-state index in [1.807, 2.05) is 36.4 Å². The highest BCUT2D eigenvalue weighted by Gasteiger charge is 2.00. The third kappa shape index (κ3) is 2.22. The second-order valence-corrected chi connectivity index (χ2v) is 3.89. The van der Waals surface area contributed by atoms with Crippen LogP contribution in [0.2, 0.25) is 0 Å². The maximum absolute atomic E-state index is 11.8. The van der Waals surface area contributed by atoms with Gasteiger partial charge in [-0.1, -0.05) is 24.3 Å². The van der Waals surface area contributed by atoms with Crippen LogP contribution in [-0.4, -0.2) is 14.5 Å². The lowest BCUT2D eigenvalue weighted by Gasteiger charge is -2.00. The molecule has 19 heavy (non-hydrogen) atoms. The van der Waals surface area contributed by atoms with Crippen molar-refractivity contribution in [2.75, 3.05) is 0 Å². The number of hydrogen-bond acceptors (Lipinski definition) is 3. The molecule has 3 rings (SSSR count). The summed E-state index contributed by atoms with van der Waals surface area (Å²) in [7, 11) is 0. The molecule has 0 aliphatic heterocycles. The molecule has 0 unspecified atom stereocenters. The number of pyridine rings is 1. The summed E-state index contributed by atoms with van der Waals surface area (Å²) in [6.45, 7) is 0. The fourth-order valence-electron chi connectivity index (χ4n) is 1.74. The number of para-hydroxylation sites is 1. The summed E-state index contributed by atoms with van der Waals surface area (Å²) in [6.07, 6.45) is 3.21. The Morgan fingerprint density at radius 2 is 1.84 bits per heavy atom. The van der Waals surface area contributed by atoms with E-state index in [4.69, 9.17) is 0 Å². The Kier molecular flexibility index (Phi) is 2.79. The molecule has 0 radical (unpaired) electrons. The molecular formula is C15H9N3O. The van der Waals surface area contributed by atoms with Gasteiger partial charge in [0.05, 0.1) is 5.52 Å². The molecule has 2 aromatic heterocycles. The minimum absolute atomic E-state index is 0.387. The number of rotatable bonds is 0. The number of benzene rings is 1. The van der Waals surface area contributed by atoms with Crippen molar-refractivity contribution in [2.24, 2.45) is 0 Å². The van der Waals surface area contributed by atoms with Crippen molar-refractivity contribution in [1.29, 1.82) is 0 Å². The Morgan fingerprint density at radius 1 is 1.00 bits per heavy atom. The Balaban J connectivity index is 2.19. The highest BCUT2D eigenvalue weighted by Crippen LogP contribution is 2.08. The quantitative estimate of drug-likeness (QED) is 0.567. The van der Waals surface area contributed by atoms with Crippen LogP contribution in [0.4, 0.5) is 0 Å². The van der Waals surface area contributed by atoms with Gasteiger partial charge in [0.15, 0.2) is 0 Å². The number of aromatic nitrogens is 3. The zero-order chi connectivity index (χ0) is 13.1. The molecule has 0 N–H and O–H groups in total. The normalized spacial score (nSPS) is 9.89. The van der Waals surface area contributed by atoms with Crippen molar-refractivity contribution in [1.82, 2.24) is 14.5 Å². The van der Waals surface area contributed by atoms with Crippen LogP contribution in [0.25, 0.3) is 10.9 Å². The molecule has 0 bridgehead atoms. The standard InChI is InChI=1S/C15H9N3O/c19-15-17-11-12-5-1-2-7-14(12)18(15)10-8-13-6-3-4-9-16-13/h1-7,9,11H. The van der Waals surface area contributed by atoms with Crippen molar-refractivity contribution in [3.8, 4) is 12.0 Å². The predicted octanol–water partition coefficient (Wildman–Crippen LogP) is 1.65. The lowest BCUT2D eigenvalue weighted by molar-refractivity contribution is 0.993. The summed E-state index contributed by atoms with van der Waals surface area (Å²) < 4.78 is 1.34. The molecule has 4 nitrogen and oxygen atoms in total. The number of hydrogen-bond donors (Lipinski definition) is 0. The molecule has 90 valence electrons. The maximum Gasteiger partial charge on any atom is 0.359 e. The zero-order valence-electron chi connectivity index (χ0n) is 9.95. The van der Waals surface area contributed by atoms with Crippen molar-refractivity contribution in [3.05, 3.63) is 71.0 Å². The highest BCUT2D eigenvalue weighted by molar-refractivity contribution is 5.78. The van der Waals surface area contributed by atoms with Crippen molar-refractivity contribution in [3.63, 3.8) is 0 Å². The molecule has 1 aromatic carbocycles. The first-order valence-electron chi connectivity index (χ1n) is 5.74. The second kappa shape index (κ2) is 4.75. The zero-order valence-corrected chi connectivity index (χ0v) is 9.95. The second-order valence-electron chi connectivity index (χ2n) is 3.89. The van der Waals surface area contributed by atoms with E-state index in [0.29, 0.717) is 5.69 Å². The van der Waals surface area contributed by atoms with Crippen LogP contribution < -0.4 is 5.69 Å². The van der Waals surface area contributed by atoms with E-state index in [2.05, 4.69) is 21.9 Å². The molecule has 0 saturated heterocycles. The van der Waals surface area contributed by atoms with E-state index >= 15 is 0 Å². The average Bonchev–Trinajstić information content (AvgIpc) is 2.47. The number of nitrogens with zero attached hydrogens (tertiary/aromatic N) is 3. The van der Waals surface area contributed by atoms with Gasteiger partial charge in [-0.25, -0.2) is 19.3 Å². The van der Waals surface area contributed by atoms with Crippen LogP contribution in [0.1, 0.15) is 5.69 Å². The van der Waals surface area contributed by atoms with Crippen LogP contribution in [0.5, 0.6) is 0 Å². The Bertz CT molecular complexity index is 842. The van der Waals surface area contributed by atoms with E-state index in [1.165, 1.54) is 4.57 Å². The van der Waals surface area contributed by atoms with Crippen LogP contribution in [0, 0.1) is 12.0 Å². The SMILES string of the molecule is O=c1ncc2ccccc2n1C#Cc1ccccn1. The van der Waals surface area contributed by atoms with Gasteiger partial charge in [0, 0.05) is 23.8 Å². The van der Waals surface area contributed by atoms with Gasteiger partial charge in [-0.2, -0.15) is 0 Å². The van der Waals surface area contributed by atoms with Gasteiger partial charge in [0.25, 0.3) is 0 Å². The topological polar surface area (TPSA) is 47.8 Å².